The molecule has 36 heavy (non-hydrogen) atoms. The number of aromatic amines is 1. The van der Waals surface area contributed by atoms with Crippen LogP contribution in [0.2, 0.25) is 0 Å². The zero-order chi connectivity index (χ0) is 27.0. The van der Waals surface area contributed by atoms with Crippen LogP contribution >= 0.6 is 15.6 Å². The van der Waals surface area contributed by atoms with Gasteiger partial charge in [0.1, 0.15) is 42.7 Å². The van der Waals surface area contributed by atoms with Crippen LogP contribution in [0.1, 0.15) is 6.23 Å². The lowest BCUT2D eigenvalue weighted by Gasteiger charge is -2.38. The molecule has 2 fully saturated rings. The van der Waals surface area contributed by atoms with Crippen LogP contribution in [0.15, 0.2) is 21.9 Å². The van der Waals surface area contributed by atoms with Crippen molar-refractivity contribution in [1.29, 1.82) is 0 Å². The highest BCUT2D eigenvalue weighted by Crippen LogP contribution is 2.60. The molecular weight excluding hydrogens is 542 g/mol. The predicted octanol–water partition coefficient (Wildman–Crippen LogP) is -4.79. The Morgan fingerprint density at radius 3 is 1.92 bits per heavy atom. The lowest BCUT2D eigenvalue weighted by atomic mass is 10.00. The van der Waals surface area contributed by atoms with Gasteiger partial charge in [-0.25, -0.2) is 13.9 Å². The first-order chi connectivity index (χ1) is 16.6. The number of hydrogen-bond donors (Lipinski definition) is 9. The smallest absolute Gasteiger partial charge is 0.387 e. The first kappa shape index (κ1) is 29.2. The molecule has 9 N–H and O–H groups in total. The monoisotopic (exact) mass is 566 g/mol. The van der Waals surface area contributed by atoms with E-state index < -0.39 is 95.4 Å². The van der Waals surface area contributed by atoms with E-state index >= 15 is 0 Å². The molecule has 1 aromatic heterocycles. The first-order valence-electron chi connectivity index (χ1n) is 9.98. The molecule has 0 amide bonds. The summed E-state index contributed by atoms with van der Waals surface area (Å²) in [6, 6.07) is 0.934. The normalized spacial score (nSPS) is 38.4. The molecule has 3 rings (SSSR count). The molecule has 2 unspecified atom stereocenters. The topological polar surface area (TPSA) is 297 Å². The van der Waals surface area contributed by atoms with Crippen LogP contribution in [0.4, 0.5) is 0 Å². The molecule has 2 saturated heterocycles. The molecule has 21 heteroatoms. The lowest BCUT2D eigenvalue weighted by molar-refractivity contribution is -0.285. The standard InChI is InChI=1S/C15H24N2O17P2/c18-7-1-2-17(15(25)16-7)13-11(22)9(20)5(32-13)3-30-35(26,27)34-36(28,29)31-4-6-8(19)10(21)12(23)14(24)33-6/h1-2,5-6,8-14,19-24H,3-4H2,(H,26,27)(H,28,29)(H,16,18,25)/t5-,6-,8-,9-,10+,11-,12-,13-,14+/m1/s1. The fourth-order valence-electron chi connectivity index (χ4n) is 3.31. The number of H-pyrrole nitrogens is 1. The number of aliphatic hydroxyl groups is 6. The van der Waals surface area contributed by atoms with E-state index in [0.29, 0.717) is 0 Å². The van der Waals surface area contributed by atoms with Gasteiger partial charge in [-0.15, -0.1) is 0 Å². The number of hydrogen-bond acceptors (Lipinski definition) is 15. The van der Waals surface area contributed by atoms with E-state index in [1.54, 1.807) is 0 Å². The Kier molecular flexibility index (Phi) is 9.05. The summed E-state index contributed by atoms with van der Waals surface area (Å²) in [6.45, 7) is -2.05. The number of aliphatic hydroxyl groups excluding tert-OH is 6. The number of aromatic nitrogens is 2. The highest BCUT2D eigenvalue weighted by atomic mass is 31.3. The zero-order valence-electron chi connectivity index (χ0n) is 17.9. The summed E-state index contributed by atoms with van der Waals surface area (Å²) in [5, 5.41) is 58.4. The minimum atomic E-state index is -5.41. The second kappa shape index (κ2) is 11.2. The van der Waals surface area contributed by atoms with Crippen LogP contribution < -0.4 is 11.2 Å². The van der Waals surface area contributed by atoms with E-state index in [2.05, 4.69) is 13.4 Å². The van der Waals surface area contributed by atoms with E-state index in [1.165, 1.54) is 0 Å². The number of ether oxygens (including phenoxy) is 2. The maximum atomic E-state index is 12.1. The van der Waals surface area contributed by atoms with Gasteiger partial charge in [0.15, 0.2) is 12.5 Å². The third kappa shape index (κ3) is 6.73. The molecule has 2 aliphatic rings. The molecule has 0 aromatic carbocycles. The van der Waals surface area contributed by atoms with E-state index in [9.17, 15) is 59.1 Å². The van der Waals surface area contributed by atoms with Crippen molar-refractivity contribution in [2.75, 3.05) is 13.2 Å². The maximum absolute atomic E-state index is 12.1. The number of nitrogens with one attached hydrogen (secondary N) is 1. The van der Waals surface area contributed by atoms with E-state index in [1.807, 2.05) is 4.98 Å². The Bertz CT molecular complexity index is 1130. The molecule has 1 aromatic rings. The fourth-order valence-corrected chi connectivity index (χ4v) is 5.40. The molecule has 0 radical (unpaired) electrons. The SMILES string of the molecule is O=c1ccn([C@@H]2O[C@H](COP(=O)(O)OP(=O)(O)OC[C@H]3O[C@H](O)[C@H](O)[C@@H](O)[C@@H]3O)[C@@H](O)[C@H]2O)c(=O)[nH]1. The molecule has 0 spiro atoms. The fraction of sp³-hybridized carbons (Fsp3) is 0.733. The molecule has 19 nitrogen and oxygen atoms in total. The summed E-state index contributed by atoms with van der Waals surface area (Å²) in [4.78, 5) is 44.4. The third-order valence-electron chi connectivity index (χ3n) is 5.16. The minimum Gasteiger partial charge on any atom is -0.387 e. The molecule has 0 bridgehead atoms. The molecular formula is C15H24N2O17P2. The van der Waals surface area contributed by atoms with Crippen molar-refractivity contribution in [3.05, 3.63) is 33.1 Å². The van der Waals surface area contributed by atoms with Crippen molar-refractivity contribution in [2.45, 2.75) is 55.2 Å². The van der Waals surface area contributed by atoms with Crippen LogP contribution in [0.5, 0.6) is 0 Å². The lowest BCUT2D eigenvalue weighted by Crippen LogP contribution is -2.58. The second-order valence-corrected chi connectivity index (χ2v) is 10.8. The van der Waals surface area contributed by atoms with Crippen LogP contribution in [0.25, 0.3) is 0 Å². The summed E-state index contributed by atoms with van der Waals surface area (Å²) in [5.41, 5.74) is -1.73. The minimum absolute atomic E-state index is 0.731. The molecule has 0 saturated carbocycles. The van der Waals surface area contributed by atoms with E-state index in [0.717, 1.165) is 16.8 Å². The van der Waals surface area contributed by atoms with Crippen molar-refractivity contribution >= 4 is 15.6 Å². The van der Waals surface area contributed by atoms with Crippen LogP contribution in [0.3, 0.4) is 0 Å². The Balaban J connectivity index is 1.56. The number of nitrogens with zero attached hydrogens (tertiary/aromatic N) is 1. The van der Waals surface area contributed by atoms with Gasteiger partial charge in [-0.3, -0.25) is 23.4 Å². The van der Waals surface area contributed by atoms with Crippen molar-refractivity contribution in [3.63, 3.8) is 0 Å². The molecule has 3 heterocycles. The largest absolute Gasteiger partial charge is 0.481 e. The third-order valence-corrected chi connectivity index (χ3v) is 7.76. The quantitative estimate of drug-likeness (QED) is 0.127. The van der Waals surface area contributed by atoms with Gasteiger partial charge in [-0.05, 0) is 0 Å². The first-order valence-corrected chi connectivity index (χ1v) is 13.0. The molecule has 206 valence electrons. The average Bonchev–Trinajstić information content (AvgIpc) is 3.05. The Hall–Kier alpha value is -1.38. The van der Waals surface area contributed by atoms with Gasteiger partial charge in [0.2, 0.25) is 0 Å². The van der Waals surface area contributed by atoms with Crippen molar-refractivity contribution in [1.82, 2.24) is 9.55 Å². The molecule has 2 aliphatic heterocycles. The van der Waals surface area contributed by atoms with Crippen molar-refractivity contribution in [2.24, 2.45) is 0 Å². The van der Waals surface area contributed by atoms with Crippen LogP contribution in [0, 0.1) is 0 Å². The summed E-state index contributed by atoms with van der Waals surface area (Å²) in [7, 11) is -10.8. The highest BCUT2D eigenvalue weighted by molar-refractivity contribution is 7.61. The van der Waals surface area contributed by atoms with Gasteiger partial charge < -0.3 is 49.9 Å². The van der Waals surface area contributed by atoms with Gasteiger partial charge in [0, 0.05) is 12.3 Å². The zero-order valence-corrected chi connectivity index (χ0v) is 19.6. The summed E-state index contributed by atoms with van der Waals surface area (Å²) >= 11 is 0. The van der Waals surface area contributed by atoms with Crippen molar-refractivity contribution in [3.8, 4) is 0 Å². The van der Waals surface area contributed by atoms with Gasteiger partial charge in [-0.2, -0.15) is 4.31 Å². The second-order valence-electron chi connectivity index (χ2n) is 7.71. The molecule has 11 atom stereocenters. The van der Waals surface area contributed by atoms with Crippen molar-refractivity contribution < 1.29 is 72.4 Å². The van der Waals surface area contributed by atoms with E-state index in [-0.39, 0.29) is 0 Å². The summed E-state index contributed by atoms with van der Waals surface area (Å²) in [6.07, 6.45) is -14.9. The van der Waals surface area contributed by atoms with Gasteiger partial charge in [0.05, 0.1) is 13.2 Å². The van der Waals surface area contributed by atoms with Gasteiger partial charge >= 0.3 is 21.3 Å². The molecule has 0 aliphatic carbocycles. The Labute approximate surface area is 199 Å². The number of rotatable bonds is 9. The highest BCUT2D eigenvalue weighted by Gasteiger charge is 2.47. The van der Waals surface area contributed by atoms with Crippen LogP contribution in [-0.2, 0) is 32.0 Å². The Morgan fingerprint density at radius 1 is 0.833 bits per heavy atom. The summed E-state index contributed by atoms with van der Waals surface area (Å²) < 4.78 is 47.8. The van der Waals surface area contributed by atoms with Gasteiger partial charge in [-0.1, -0.05) is 0 Å². The predicted molar refractivity (Wildman–Crippen MR) is 109 cm³/mol. The average molecular weight is 566 g/mol. The van der Waals surface area contributed by atoms with E-state index in [4.69, 9.17) is 9.47 Å². The number of phosphoric ester groups is 2. The maximum Gasteiger partial charge on any atom is 0.481 e. The van der Waals surface area contributed by atoms with Gasteiger partial charge in [0.25, 0.3) is 5.56 Å². The summed E-state index contributed by atoms with van der Waals surface area (Å²) in [5.74, 6) is 0. The number of phosphoric acid groups is 2. The van der Waals surface area contributed by atoms with Crippen LogP contribution in [-0.4, -0.2) is 112 Å². The Morgan fingerprint density at radius 2 is 1.36 bits per heavy atom.